The molecule has 0 aromatic carbocycles. The molecule has 1 aliphatic heterocycles. The van der Waals surface area contributed by atoms with E-state index < -0.39 is 0 Å². The maximum Gasteiger partial charge on any atom is 0.140 e. The first-order valence-corrected chi connectivity index (χ1v) is 5.97. The third-order valence-corrected chi connectivity index (χ3v) is 3.30. The van der Waals surface area contributed by atoms with Crippen molar-refractivity contribution in [1.82, 2.24) is 19.7 Å². The van der Waals surface area contributed by atoms with Crippen LogP contribution in [0.25, 0.3) is 0 Å². The van der Waals surface area contributed by atoms with E-state index in [9.17, 15) is 5.11 Å². The monoisotopic (exact) mass is 224 g/mol. The Kier molecular flexibility index (Phi) is 3.56. The molecule has 90 valence electrons. The van der Waals surface area contributed by atoms with Crippen LogP contribution >= 0.6 is 0 Å². The Morgan fingerprint density at radius 3 is 3.06 bits per heavy atom. The van der Waals surface area contributed by atoms with Crippen LogP contribution in [-0.4, -0.2) is 44.0 Å². The van der Waals surface area contributed by atoms with E-state index in [1.807, 2.05) is 4.68 Å². The van der Waals surface area contributed by atoms with E-state index in [0.717, 1.165) is 38.4 Å². The number of aromatic nitrogens is 3. The van der Waals surface area contributed by atoms with Gasteiger partial charge in [0.05, 0.1) is 12.6 Å². The van der Waals surface area contributed by atoms with Gasteiger partial charge in [-0.3, -0.25) is 4.90 Å². The van der Waals surface area contributed by atoms with E-state index in [2.05, 4.69) is 28.8 Å². The van der Waals surface area contributed by atoms with E-state index in [1.165, 1.54) is 0 Å². The molecular weight excluding hydrogens is 204 g/mol. The van der Waals surface area contributed by atoms with Crippen LogP contribution in [0, 0.1) is 5.92 Å². The minimum atomic E-state index is -0.139. The standard InChI is InChI=1S/C11H20N4O/c1-3-15-11(12-8-13-15)7-14-5-4-10(16)9(2)6-14/h8-10,16H,3-7H2,1-2H3. The number of hydrogen-bond acceptors (Lipinski definition) is 4. The number of likely N-dealkylation sites (tertiary alicyclic amines) is 1. The lowest BCUT2D eigenvalue weighted by Crippen LogP contribution is -2.41. The van der Waals surface area contributed by atoms with Gasteiger partial charge in [0.15, 0.2) is 0 Å². The average molecular weight is 224 g/mol. The average Bonchev–Trinajstić information content (AvgIpc) is 2.71. The zero-order chi connectivity index (χ0) is 11.5. The largest absolute Gasteiger partial charge is 0.393 e. The van der Waals surface area contributed by atoms with Gasteiger partial charge in [0.2, 0.25) is 0 Å². The molecule has 5 nitrogen and oxygen atoms in total. The van der Waals surface area contributed by atoms with Crippen molar-refractivity contribution in [3.05, 3.63) is 12.2 Å². The van der Waals surface area contributed by atoms with Gasteiger partial charge in [-0.2, -0.15) is 5.10 Å². The Labute approximate surface area is 96.1 Å². The summed E-state index contributed by atoms with van der Waals surface area (Å²) in [6.45, 7) is 7.76. The smallest absolute Gasteiger partial charge is 0.140 e. The van der Waals surface area contributed by atoms with Crippen molar-refractivity contribution < 1.29 is 5.11 Å². The molecule has 16 heavy (non-hydrogen) atoms. The topological polar surface area (TPSA) is 54.2 Å². The van der Waals surface area contributed by atoms with Gasteiger partial charge >= 0.3 is 0 Å². The van der Waals surface area contributed by atoms with E-state index in [-0.39, 0.29) is 6.10 Å². The minimum absolute atomic E-state index is 0.139. The summed E-state index contributed by atoms with van der Waals surface area (Å²) in [6, 6.07) is 0. The molecule has 0 aliphatic carbocycles. The second kappa shape index (κ2) is 4.93. The van der Waals surface area contributed by atoms with Crippen LogP contribution in [0.15, 0.2) is 6.33 Å². The Morgan fingerprint density at radius 2 is 2.38 bits per heavy atom. The zero-order valence-corrected chi connectivity index (χ0v) is 10.0. The van der Waals surface area contributed by atoms with E-state index >= 15 is 0 Å². The molecule has 0 bridgehead atoms. The zero-order valence-electron chi connectivity index (χ0n) is 10.0. The van der Waals surface area contributed by atoms with Gasteiger partial charge in [-0.1, -0.05) is 6.92 Å². The molecular formula is C11H20N4O. The maximum absolute atomic E-state index is 9.66. The number of piperidine rings is 1. The highest BCUT2D eigenvalue weighted by Crippen LogP contribution is 2.17. The number of aliphatic hydroxyl groups is 1. The lowest BCUT2D eigenvalue weighted by Gasteiger charge is -2.33. The first kappa shape index (κ1) is 11.5. The van der Waals surface area contributed by atoms with Crippen LogP contribution < -0.4 is 0 Å². The van der Waals surface area contributed by atoms with Crippen molar-refractivity contribution in [2.24, 2.45) is 5.92 Å². The second-order valence-electron chi connectivity index (χ2n) is 4.56. The molecule has 1 saturated heterocycles. The summed E-state index contributed by atoms with van der Waals surface area (Å²) >= 11 is 0. The number of rotatable bonds is 3. The Balaban J connectivity index is 1.95. The Bertz CT molecular complexity index is 338. The first-order valence-electron chi connectivity index (χ1n) is 5.97. The van der Waals surface area contributed by atoms with Gasteiger partial charge in [0, 0.05) is 19.6 Å². The highest BCUT2D eigenvalue weighted by atomic mass is 16.3. The van der Waals surface area contributed by atoms with Gasteiger partial charge in [-0.25, -0.2) is 9.67 Å². The Morgan fingerprint density at radius 1 is 1.56 bits per heavy atom. The van der Waals surface area contributed by atoms with E-state index in [4.69, 9.17) is 0 Å². The summed E-state index contributed by atoms with van der Waals surface area (Å²) in [5.41, 5.74) is 0. The Hall–Kier alpha value is -0.940. The van der Waals surface area contributed by atoms with Gasteiger partial charge in [-0.05, 0) is 19.3 Å². The van der Waals surface area contributed by atoms with Crippen molar-refractivity contribution in [1.29, 1.82) is 0 Å². The normalized spacial score (nSPS) is 27.2. The summed E-state index contributed by atoms with van der Waals surface area (Å²) in [4.78, 5) is 6.61. The van der Waals surface area contributed by atoms with Crippen molar-refractivity contribution in [2.75, 3.05) is 13.1 Å². The molecule has 2 unspecified atom stereocenters. The fourth-order valence-corrected chi connectivity index (χ4v) is 2.24. The quantitative estimate of drug-likeness (QED) is 0.812. The number of aryl methyl sites for hydroxylation is 1. The number of hydrogen-bond donors (Lipinski definition) is 1. The molecule has 1 aromatic rings. The minimum Gasteiger partial charge on any atom is -0.393 e. The fourth-order valence-electron chi connectivity index (χ4n) is 2.24. The summed E-state index contributed by atoms with van der Waals surface area (Å²) in [5.74, 6) is 1.37. The number of aliphatic hydroxyl groups excluding tert-OH is 1. The maximum atomic E-state index is 9.66. The summed E-state index contributed by atoms with van der Waals surface area (Å²) in [7, 11) is 0. The second-order valence-corrected chi connectivity index (χ2v) is 4.56. The SMILES string of the molecule is CCn1ncnc1CN1CCC(O)C(C)C1. The molecule has 0 amide bonds. The summed E-state index contributed by atoms with van der Waals surface area (Å²) in [6.07, 6.45) is 2.34. The van der Waals surface area contributed by atoms with Crippen LogP contribution in [0.4, 0.5) is 0 Å². The number of nitrogens with zero attached hydrogens (tertiary/aromatic N) is 4. The molecule has 5 heteroatoms. The predicted octanol–water partition coefficient (Wildman–Crippen LogP) is 0.501. The lowest BCUT2D eigenvalue weighted by atomic mass is 9.97. The predicted molar refractivity (Wildman–Crippen MR) is 60.8 cm³/mol. The molecule has 1 N–H and O–H groups in total. The third-order valence-electron chi connectivity index (χ3n) is 3.30. The van der Waals surface area contributed by atoms with Crippen molar-refractivity contribution in [3.8, 4) is 0 Å². The lowest BCUT2D eigenvalue weighted by molar-refractivity contribution is 0.0306. The molecule has 0 spiro atoms. The third kappa shape index (κ3) is 2.41. The van der Waals surface area contributed by atoms with Crippen LogP contribution in [0.5, 0.6) is 0 Å². The van der Waals surface area contributed by atoms with Gasteiger partial charge < -0.3 is 5.11 Å². The summed E-state index contributed by atoms with van der Waals surface area (Å²) in [5, 5.41) is 13.8. The van der Waals surface area contributed by atoms with Gasteiger partial charge in [0.25, 0.3) is 0 Å². The molecule has 0 radical (unpaired) electrons. The van der Waals surface area contributed by atoms with Crippen LogP contribution in [0.2, 0.25) is 0 Å². The van der Waals surface area contributed by atoms with Gasteiger partial charge in [-0.15, -0.1) is 0 Å². The highest BCUT2D eigenvalue weighted by molar-refractivity contribution is 4.87. The van der Waals surface area contributed by atoms with E-state index in [0.29, 0.717) is 5.92 Å². The van der Waals surface area contributed by atoms with Gasteiger partial charge in [0.1, 0.15) is 12.2 Å². The molecule has 1 fully saturated rings. The molecule has 2 heterocycles. The molecule has 0 saturated carbocycles. The fraction of sp³-hybridized carbons (Fsp3) is 0.818. The first-order chi connectivity index (χ1) is 7.70. The molecule has 2 rings (SSSR count). The van der Waals surface area contributed by atoms with Crippen LogP contribution in [0.1, 0.15) is 26.1 Å². The van der Waals surface area contributed by atoms with Crippen molar-refractivity contribution >= 4 is 0 Å². The van der Waals surface area contributed by atoms with Crippen LogP contribution in [-0.2, 0) is 13.1 Å². The van der Waals surface area contributed by atoms with Crippen molar-refractivity contribution in [2.45, 2.75) is 39.5 Å². The molecule has 1 aliphatic rings. The highest BCUT2D eigenvalue weighted by Gasteiger charge is 2.24. The van der Waals surface area contributed by atoms with Crippen molar-refractivity contribution in [3.63, 3.8) is 0 Å². The molecule has 1 aromatic heterocycles. The van der Waals surface area contributed by atoms with Crippen LogP contribution in [0.3, 0.4) is 0 Å². The molecule has 2 atom stereocenters. The van der Waals surface area contributed by atoms with E-state index in [1.54, 1.807) is 6.33 Å². The summed E-state index contributed by atoms with van der Waals surface area (Å²) < 4.78 is 1.93.